The van der Waals surface area contributed by atoms with E-state index >= 15 is 0 Å². The van der Waals surface area contributed by atoms with Crippen LogP contribution in [0.3, 0.4) is 0 Å². The fourth-order valence-corrected chi connectivity index (χ4v) is 6.99. The van der Waals surface area contributed by atoms with E-state index in [1.165, 1.54) is 204 Å². The second-order valence-corrected chi connectivity index (χ2v) is 14.9. The minimum atomic E-state index is -0.786. The van der Waals surface area contributed by atoms with E-state index in [1.807, 2.05) is 0 Å². The van der Waals surface area contributed by atoms with E-state index in [2.05, 4.69) is 6.92 Å². The lowest BCUT2D eigenvalue weighted by atomic mass is 10.0. The number of esters is 1. The first-order valence-electron chi connectivity index (χ1n) is 20.1. The van der Waals surface area contributed by atoms with E-state index in [-0.39, 0.29) is 12.4 Å². The van der Waals surface area contributed by atoms with Crippen LogP contribution < -0.4 is 0 Å². The number of rotatable bonds is 39. The molecule has 0 spiro atoms. The predicted octanol–water partition coefficient (Wildman–Crippen LogP) is 13.6. The Morgan fingerprint density at radius 3 is 0.978 bits per heavy atom. The summed E-state index contributed by atoms with van der Waals surface area (Å²) >= 11 is 1.50. The molecule has 4 nitrogen and oxygen atoms in total. The van der Waals surface area contributed by atoms with Crippen molar-refractivity contribution in [1.29, 1.82) is 0 Å². The third-order valence-corrected chi connectivity index (χ3v) is 10.2. The largest absolute Gasteiger partial charge is 0.481 e. The van der Waals surface area contributed by atoms with Gasteiger partial charge in [0.15, 0.2) is 0 Å². The zero-order chi connectivity index (χ0) is 32.7. The maximum Gasteiger partial charge on any atom is 0.306 e. The number of carbonyl (C=O) groups is 2. The van der Waals surface area contributed by atoms with Crippen LogP contribution in [0.25, 0.3) is 0 Å². The summed E-state index contributed by atoms with van der Waals surface area (Å²) in [6, 6.07) is 0. The lowest BCUT2D eigenvalue weighted by Crippen LogP contribution is -2.07. The highest BCUT2D eigenvalue weighted by molar-refractivity contribution is 7.99. The normalized spacial score (nSPS) is 11.3. The summed E-state index contributed by atoms with van der Waals surface area (Å²) in [5.74, 6) is 0.263. The van der Waals surface area contributed by atoms with Crippen molar-refractivity contribution in [1.82, 2.24) is 0 Å². The molecule has 0 radical (unpaired) electrons. The van der Waals surface area contributed by atoms with E-state index in [9.17, 15) is 9.59 Å². The maximum absolute atomic E-state index is 11.7. The Kier molecular flexibility index (Phi) is 38.8. The number of ether oxygens (including phenoxy) is 1. The number of carbonyl (C=O) groups excluding carboxylic acids is 1. The molecule has 0 aromatic rings. The summed E-state index contributed by atoms with van der Waals surface area (Å²) in [7, 11) is 0. The topological polar surface area (TPSA) is 63.6 Å². The summed E-state index contributed by atoms with van der Waals surface area (Å²) in [6.07, 6.45) is 45.6. The molecule has 0 aliphatic rings. The van der Waals surface area contributed by atoms with Gasteiger partial charge in [-0.15, -0.1) is 0 Å². The van der Waals surface area contributed by atoms with Gasteiger partial charge in [-0.2, -0.15) is 11.8 Å². The molecule has 0 heterocycles. The number of carboxylic acids is 1. The van der Waals surface area contributed by atoms with Gasteiger partial charge in [-0.1, -0.05) is 206 Å². The smallest absolute Gasteiger partial charge is 0.306 e. The zero-order valence-corrected chi connectivity index (χ0v) is 31.1. The summed E-state index contributed by atoms with van der Waals surface area (Å²) < 4.78 is 5.27. The fourth-order valence-electron chi connectivity index (χ4n) is 6.15. The van der Waals surface area contributed by atoms with Crippen molar-refractivity contribution in [2.75, 3.05) is 18.1 Å². The third-order valence-electron chi connectivity index (χ3n) is 9.17. The van der Waals surface area contributed by atoms with Crippen LogP contribution in [-0.4, -0.2) is 35.2 Å². The molecule has 0 saturated heterocycles. The van der Waals surface area contributed by atoms with Crippen LogP contribution in [0, 0.1) is 0 Å². The van der Waals surface area contributed by atoms with Crippen LogP contribution in [0.2, 0.25) is 0 Å². The van der Waals surface area contributed by atoms with E-state index in [1.54, 1.807) is 0 Å². The molecule has 0 amide bonds. The zero-order valence-electron chi connectivity index (χ0n) is 30.2. The molecule has 0 fully saturated rings. The Morgan fingerprint density at radius 2 is 0.689 bits per heavy atom. The lowest BCUT2D eigenvalue weighted by molar-refractivity contribution is -0.143. The summed E-state index contributed by atoms with van der Waals surface area (Å²) in [5, 5.41) is 8.59. The third kappa shape index (κ3) is 41.3. The van der Waals surface area contributed by atoms with Gasteiger partial charge in [0, 0.05) is 11.5 Å². The molecule has 0 aromatic carbocycles. The first-order valence-corrected chi connectivity index (χ1v) is 21.3. The molecular formula is C40H78O4S. The van der Waals surface area contributed by atoms with Crippen LogP contribution in [0.5, 0.6) is 0 Å². The minimum absolute atomic E-state index is 0.152. The second-order valence-electron chi connectivity index (χ2n) is 13.7. The quantitative estimate of drug-likeness (QED) is 0.0528. The van der Waals surface area contributed by atoms with Crippen LogP contribution >= 0.6 is 11.8 Å². The first-order chi connectivity index (χ1) is 22.2. The van der Waals surface area contributed by atoms with Gasteiger partial charge in [0.05, 0.1) is 19.4 Å². The number of thioether (sulfide) groups is 1. The molecule has 0 bridgehead atoms. The van der Waals surface area contributed by atoms with Crippen molar-refractivity contribution in [3.05, 3.63) is 0 Å². The van der Waals surface area contributed by atoms with Gasteiger partial charge in [0.1, 0.15) is 0 Å². The summed E-state index contributed by atoms with van der Waals surface area (Å²) in [4.78, 5) is 22.1. The van der Waals surface area contributed by atoms with Gasteiger partial charge in [-0.25, -0.2) is 0 Å². The van der Waals surface area contributed by atoms with Crippen molar-refractivity contribution in [3.63, 3.8) is 0 Å². The summed E-state index contributed by atoms with van der Waals surface area (Å²) in [6.45, 7) is 2.83. The van der Waals surface area contributed by atoms with Gasteiger partial charge in [0.25, 0.3) is 0 Å². The van der Waals surface area contributed by atoms with Gasteiger partial charge in [-0.05, 0) is 6.42 Å². The standard InChI is InChI=1S/C40H78O4S/c1-2-3-4-5-6-7-8-9-10-11-12-13-14-15-16-17-18-19-20-21-22-23-24-25-26-27-28-29-30-31-32-33-36-44-40(43)35-38-45-37-34-39(41)42/h2-38H2,1H3,(H,41,42). The highest BCUT2D eigenvalue weighted by Crippen LogP contribution is 2.17. The molecule has 45 heavy (non-hydrogen) atoms. The van der Waals surface area contributed by atoms with Crippen molar-refractivity contribution in [2.24, 2.45) is 0 Å². The van der Waals surface area contributed by atoms with Gasteiger partial charge in [-0.3, -0.25) is 9.59 Å². The molecule has 0 rings (SSSR count). The molecule has 0 aliphatic heterocycles. The highest BCUT2D eigenvalue weighted by atomic mass is 32.2. The van der Waals surface area contributed by atoms with E-state index < -0.39 is 5.97 Å². The average Bonchev–Trinajstić information content (AvgIpc) is 3.03. The molecule has 0 saturated carbocycles. The van der Waals surface area contributed by atoms with Crippen molar-refractivity contribution in [2.45, 2.75) is 225 Å². The molecule has 0 aliphatic carbocycles. The highest BCUT2D eigenvalue weighted by Gasteiger charge is 2.04. The number of hydrogen-bond acceptors (Lipinski definition) is 4. The van der Waals surface area contributed by atoms with Crippen LogP contribution in [-0.2, 0) is 14.3 Å². The monoisotopic (exact) mass is 655 g/mol. The number of aliphatic carboxylic acids is 1. The molecule has 1 N–H and O–H groups in total. The van der Waals surface area contributed by atoms with Gasteiger partial charge >= 0.3 is 11.9 Å². The predicted molar refractivity (Wildman–Crippen MR) is 199 cm³/mol. The van der Waals surface area contributed by atoms with Crippen LogP contribution in [0.15, 0.2) is 0 Å². The summed E-state index contributed by atoms with van der Waals surface area (Å²) in [5.41, 5.74) is 0. The van der Waals surface area contributed by atoms with E-state index in [4.69, 9.17) is 9.84 Å². The van der Waals surface area contributed by atoms with E-state index in [0.29, 0.717) is 24.5 Å². The molecular weight excluding hydrogens is 577 g/mol. The lowest BCUT2D eigenvalue weighted by Gasteiger charge is -2.05. The van der Waals surface area contributed by atoms with Crippen molar-refractivity contribution in [3.8, 4) is 0 Å². The number of carboxylic acid groups (broad SMARTS) is 1. The van der Waals surface area contributed by atoms with Gasteiger partial charge < -0.3 is 9.84 Å². The first kappa shape index (κ1) is 44.3. The number of hydrogen-bond donors (Lipinski definition) is 1. The molecule has 0 unspecified atom stereocenters. The second kappa shape index (κ2) is 39.5. The van der Waals surface area contributed by atoms with Crippen LogP contribution in [0.1, 0.15) is 225 Å². The molecule has 0 aromatic heterocycles. The maximum atomic E-state index is 11.7. The van der Waals surface area contributed by atoms with E-state index in [0.717, 1.165) is 12.8 Å². The average molecular weight is 655 g/mol. The fraction of sp³-hybridized carbons (Fsp3) is 0.950. The molecule has 5 heteroatoms. The molecule has 0 atom stereocenters. The Labute approximate surface area is 285 Å². The Bertz CT molecular complexity index is 597. The molecule has 268 valence electrons. The minimum Gasteiger partial charge on any atom is -0.481 e. The van der Waals surface area contributed by atoms with Crippen molar-refractivity contribution >= 4 is 23.7 Å². The Balaban J connectivity index is 3.10. The Morgan fingerprint density at radius 1 is 0.422 bits per heavy atom. The van der Waals surface area contributed by atoms with Gasteiger partial charge in [0.2, 0.25) is 0 Å². The van der Waals surface area contributed by atoms with Crippen molar-refractivity contribution < 1.29 is 19.4 Å². The van der Waals surface area contributed by atoms with Crippen LogP contribution in [0.4, 0.5) is 0 Å². The Hall–Kier alpha value is -0.710. The SMILES string of the molecule is CCCCCCCCCCCCCCCCCCCCCCCCCCCCCCCCCCOC(=O)CCSCCC(=O)O. The number of unbranched alkanes of at least 4 members (excludes halogenated alkanes) is 31.